The average molecular weight is 364 g/mol. The van der Waals surface area contributed by atoms with E-state index < -0.39 is 11.5 Å². The normalized spacial score (nSPS) is 12.0. The Morgan fingerprint density at radius 3 is 2.71 bits per heavy atom. The van der Waals surface area contributed by atoms with Crippen molar-refractivity contribution in [2.24, 2.45) is 0 Å². The molecule has 0 atom stereocenters. The molecule has 0 saturated heterocycles. The Morgan fingerprint density at radius 1 is 1.24 bits per heavy atom. The minimum absolute atomic E-state index is 0.414. The number of hydrogen-bond acceptors (Lipinski definition) is 3. The van der Waals surface area contributed by atoms with Crippen molar-refractivity contribution in [1.29, 1.82) is 0 Å². The molecule has 3 rings (SSSR count). The van der Waals surface area contributed by atoms with Gasteiger partial charge in [0.05, 0.1) is 0 Å². The largest absolute Gasteiger partial charge is 0.381 e. The second-order valence-electron chi connectivity index (χ2n) is 5.44. The molecule has 0 spiro atoms. The zero-order chi connectivity index (χ0) is 15.2. The first-order chi connectivity index (χ1) is 9.86. The first kappa shape index (κ1) is 14.5. The highest BCUT2D eigenvalue weighted by Crippen LogP contribution is 2.38. The molecule has 2 aromatic carbocycles. The van der Waals surface area contributed by atoms with Crippen LogP contribution in [-0.4, -0.2) is 16.6 Å². The number of nitrogens with one attached hydrogen (secondary N) is 1. The van der Waals surface area contributed by atoms with Crippen molar-refractivity contribution in [3.63, 3.8) is 0 Å². The molecular weight excluding hydrogens is 350 g/mol. The van der Waals surface area contributed by atoms with Crippen molar-refractivity contribution < 1.29 is 9.90 Å². The van der Waals surface area contributed by atoms with Crippen molar-refractivity contribution in [2.45, 2.75) is 19.4 Å². The molecule has 0 unspecified atom stereocenters. The molecule has 0 fully saturated rings. The van der Waals surface area contributed by atoms with Gasteiger partial charge in [0, 0.05) is 30.3 Å². The number of halogens is 1. The lowest BCUT2D eigenvalue weighted by atomic mass is 10.1. The van der Waals surface area contributed by atoms with Crippen LogP contribution in [0.3, 0.4) is 0 Å². The predicted molar refractivity (Wildman–Crippen MR) is 92.0 cm³/mol. The highest BCUT2D eigenvalue weighted by Gasteiger charge is 2.23. The minimum atomic E-state index is -1.39. The molecule has 0 aliphatic carbocycles. The molecule has 0 radical (unpaired) electrons. The van der Waals surface area contributed by atoms with Crippen LogP contribution >= 0.6 is 27.3 Å². The fraction of sp³-hybridized carbons (Fsp3) is 0.188. The van der Waals surface area contributed by atoms with Gasteiger partial charge in [-0.2, -0.15) is 0 Å². The quantitative estimate of drug-likeness (QED) is 0.702. The van der Waals surface area contributed by atoms with Crippen LogP contribution < -0.4 is 5.32 Å². The third-order valence-electron chi connectivity index (χ3n) is 3.26. The van der Waals surface area contributed by atoms with Gasteiger partial charge < -0.3 is 10.4 Å². The minimum Gasteiger partial charge on any atom is -0.381 e. The van der Waals surface area contributed by atoms with Gasteiger partial charge in [0.2, 0.25) is 0 Å². The van der Waals surface area contributed by atoms with Gasteiger partial charge in [-0.15, -0.1) is 11.3 Å². The maximum absolute atomic E-state index is 11.9. The van der Waals surface area contributed by atoms with E-state index in [0.29, 0.717) is 5.69 Å². The second kappa shape index (κ2) is 5.09. The highest BCUT2D eigenvalue weighted by molar-refractivity contribution is 9.10. The Kier molecular flexibility index (Phi) is 3.51. The van der Waals surface area contributed by atoms with Crippen LogP contribution in [0, 0.1) is 0 Å². The van der Waals surface area contributed by atoms with Gasteiger partial charge in [0.25, 0.3) is 5.91 Å². The first-order valence-corrected chi connectivity index (χ1v) is 8.12. The van der Waals surface area contributed by atoms with Crippen molar-refractivity contribution in [1.82, 2.24) is 0 Å². The number of carbonyl (C=O) groups is 1. The molecule has 108 valence electrons. The maximum Gasteiger partial charge on any atom is 0.255 e. The van der Waals surface area contributed by atoms with E-state index in [2.05, 4.69) is 27.3 Å². The van der Waals surface area contributed by atoms with E-state index in [9.17, 15) is 9.90 Å². The van der Waals surface area contributed by atoms with E-state index in [1.807, 2.05) is 30.3 Å². The van der Waals surface area contributed by atoms with E-state index in [1.54, 1.807) is 11.3 Å². The number of hydrogen-bond donors (Lipinski definition) is 2. The number of benzene rings is 2. The van der Waals surface area contributed by atoms with Gasteiger partial charge in [0.15, 0.2) is 0 Å². The SMILES string of the molecule is CC(C)(O)C(=O)Nc1ccc2sc3c(Br)cccc3c2c1. The van der Waals surface area contributed by atoms with E-state index in [0.717, 1.165) is 19.9 Å². The van der Waals surface area contributed by atoms with Gasteiger partial charge in [0.1, 0.15) is 5.60 Å². The third-order valence-corrected chi connectivity index (χ3v) is 5.41. The van der Waals surface area contributed by atoms with Crippen molar-refractivity contribution >= 4 is 59.0 Å². The number of anilines is 1. The van der Waals surface area contributed by atoms with Crippen LogP contribution in [0.5, 0.6) is 0 Å². The van der Waals surface area contributed by atoms with Crippen LogP contribution in [-0.2, 0) is 4.79 Å². The lowest BCUT2D eigenvalue weighted by Gasteiger charge is -2.16. The molecule has 3 aromatic rings. The number of carbonyl (C=O) groups excluding carboxylic acids is 1. The standard InChI is InChI=1S/C16H14BrNO2S/c1-16(2,20)15(19)18-9-6-7-13-11(8-9)10-4-3-5-12(17)14(10)21-13/h3-8,20H,1-2H3,(H,18,19). The Bertz CT molecular complexity index is 848. The first-order valence-electron chi connectivity index (χ1n) is 6.51. The smallest absolute Gasteiger partial charge is 0.255 e. The summed E-state index contributed by atoms with van der Waals surface area (Å²) in [6, 6.07) is 11.9. The lowest BCUT2D eigenvalue weighted by molar-refractivity contribution is -0.130. The van der Waals surface area contributed by atoms with Gasteiger partial charge in [-0.05, 0) is 54.0 Å². The number of amides is 1. The van der Waals surface area contributed by atoms with Crippen LogP contribution in [0.15, 0.2) is 40.9 Å². The van der Waals surface area contributed by atoms with E-state index in [4.69, 9.17) is 0 Å². The molecule has 1 aromatic heterocycles. The summed E-state index contributed by atoms with van der Waals surface area (Å²) >= 11 is 5.28. The Balaban J connectivity index is 2.10. The molecular formula is C16H14BrNO2S. The fourth-order valence-electron chi connectivity index (χ4n) is 2.13. The number of fused-ring (bicyclic) bond motifs is 3. The summed E-state index contributed by atoms with van der Waals surface area (Å²) in [6.45, 7) is 2.94. The average Bonchev–Trinajstić information content (AvgIpc) is 2.77. The Hall–Kier alpha value is -1.43. The lowest BCUT2D eigenvalue weighted by Crippen LogP contribution is -2.36. The summed E-state index contributed by atoms with van der Waals surface area (Å²) in [5, 5.41) is 14.7. The summed E-state index contributed by atoms with van der Waals surface area (Å²) < 4.78 is 3.43. The van der Waals surface area contributed by atoms with Gasteiger partial charge in [-0.3, -0.25) is 4.79 Å². The van der Waals surface area contributed by atoms with Crippen molar-refractivity contribution in [3.8, 4) is 0 Å². The molecule has 1 heterocycles. The summed E-state index contributed by atoms with van der Waals surface area (Å²) in [5.41, 5.74) is -0.705. The Labute approximate surface area is 134 Å². The monoisotopic (exact) mass is 363 g/mol. The maximum atomic E-state index is 11.9. The predicted octanol–water partition coefficient (Wildman–Crippen LogP) is 4.53. The molecule has 3 nitrogen and oxygen atoms in total. The summed E-state index contributed by atoms with van der Waals surface area (Å²) in [4.78, 5) is 11.9. The second-order valence-corrected chi connectivity index (χ2v) is 7.35. The third kappa shape index (κ3) is 2.69. The van der Waals surface area contributed by atoms with Crippen molar-refractivity contribution in [2.75, 3.05) is 5.32 Å². The zero-order valence-corrected chi connectivity index (χ0v) is 14.0. The van der Waals surface area contributed by atoms with Gasteiger partial charge in [-0.25, -0.2) is 0 Å². The topological polar surface area (TPSA) is 49.3 Å². The van der Waals surface area contributed by atoms with E-state index >= 15 is 0 Å². The van der Waals surface area contributed by atoms with Crippen LogP contribution in [0.25, 0.3) is 20.2 Å². The van der Waals surface area contributed by atoms with Crippen LogP contribution in [0.1, 0.15) is 13.8 Å². The zero-order valence-electron chi connectivity index (χ0n) is 11.6. The van der Waals surface area contributed by atoms with E-state index in [1.165, 1.54) is 18.5 Å². The molecule has 5 heteroatoms. The molecule has 0 aliphatic rings. The van der Waals surface area contributed by atoms with Crippen LogP contribution in [0.4, 0.5) is 5.69 Å². The summed E-state index contributed by atoms with van der Waals surface area (Å²) in [7, 11) is 0. The van der Waals surface area contributed by atoms with E-state index in [-0.39, 0.29) is 0 Å². The molecule has 21 heavy (non-hydrogen) atoms. The highest BCUT2D eigenvalue weighted by atomic mass is 79.9. The summed E-state index contributed by atoms with van der Waals surface area (Å²) in [6.07, 6.45) is 0. The molecule has 0 saturated carbocycles. The number of thiophene rings is 1. The molecule has 1 amide bonds. The molecule has 0 bridgehead atoms. The van der Waals surface area contributed by atoms with Crippen molar-refractivity contribution in [3.05, 3.63) is 40.9 Å². The Morgan fingerprint density at radius 2 is 2.00 bits per heavy atom. The molecule has 2 N–H and O–H groups in total. The van der Waals surface area contributed by atoms with Crippen LogP contribution in [0.2, 0.25) is 0 Å². The summed E-state index contributed by atoms with van der Waals surface area (Å²) in [5.74, 6) is -0.414. The number of rotatable bonds is 2. The fourth-order valence-corrected chi connectivity index (χ4v) is 3.82. The van der Waals surface area contributed by atoms with Gasteiger partial charge in [-0.1, -0.05) is 12.1 Å². The number of aliphatic hydroxyl groups is 1. The van der Waals surface area contributed by atoms with Gasteiger partial charge >= 0.3 is 0 Å². The molecule has 0 aliphatic heterocycles.